The monoisotopic (exact) mass is 457 g/mol. The molecule has 0 aliphatic rings. The molecule has 0 aliphatic heterocycles. The third kappa shape index (κ3) is 3.79. The normalized spacial score (nSPS) is 10.9. The number of hydrogen-bond acceptors (Lipinski definition) is 3. The molecule has 0 bridgehead atoms. The maximum Gasteiger partial charge on any atom is 0.265 e. The molecule has 0 atom stereocenters. The molecule has 1 N–H and O–H groups in total. The highest BCUT2D eigenvalue weighted by molar-refractivity contribution is 6.44. The van der Waals surface area contributed by atoms with Gasteiger partial charge in [-0.1, -0.05) is 46.9 Å². The minimum Gasteiger partial charge on any atom is -0.321 e. The zero-order chi connectivity index (χ0) is 21.4. The van der Waals surface area contributed by atoms with Crippen LogP contribution < -0.4 is 10.9 Å². The fraction of sp³-hybridized carbons (Fsp3) is 0.0455. The van der Waals surface area contributed by atoms with Gasteiger partial charge in [-0.05, 0) is 55.5 Å². The number of anilines is 1. The molecule has 8 heteroatoms. The van der Waals surface area contributed by atoms with Crippen molar-refractivity contribution in [1.29, 1.82) is 0 Å². The molecule has 0 spiro atoms. The van der Waals surface area contributed by atoms with Crippen LogP contribution in [-0.4, -0.2) is 15.5 Å². The lowest BCUT2D eigenvalue weighted by atomic mass is 10.1. The van der Waals surface area contributed by atoms with Gasteiger partial charge < -0.3 is 5.32 Å². The van der Waals surface area contributed by atoms with Crippen LogP contribution in [0.5, 0.6) is 0 Å². The van der Waals surface area contributed by atoms with Crippen molar-refractivity contribution in [3.63, 3.8) is 0 Å². The Morgan fingerprint density at radius 1 is 0.933 bits per heavy atom. The summed E-state index contributed by atoms with van der Waals surface area (Å²) in [6.45, 7) is 1.76. The zero-order valence-corrected chi connectivity index (χ0v) is 17.9. The molecule has 1 heterocycles. The van der Waals surface area contributed by atoms with E-state index in [-0.39, 0.29) is 21.5 Å². The number of aromatic nitrogens is 2. The van der Waals surface area contributed by atoms with E-state index in [0.717, 1.165) is 0 Å². The summed E-state index contributed by atoms with van der Waals surface area (Å²) in [6.07, 6.45) is 0. The molecule has 3 aromatic carbocycles. The van der Waals surface area contributed by atoms with Crippen molar-refractivity contribution in [3.05, 3.63) is 97.5 Å². The van der Waals surface area contributed by atoms with Crippen LogP contribution >= 0.6 is 34.8 Å². The number of rotatable bonds is 3. The first-order valence-corrected chi connectivity index (χ1v) is 10.0. The van der Waals surface area contributed by atoms with Crippen molar-refractivity contribution in [2.24, 2.45) is 0 Å². The molecule has 4 rings (SSSR count). The van der Waals surface area contributed by atoms with E-state index in [2.05, 4.69) is 10.3 Å². The number of hydrogen-bond donors (Lipinski definition) is 1. The summed E-state index contributed by atoms with van der Waals surface area (Å²) >= 11 is 18.0. The zero-order valence-electron chi connectivity index (χ0n) is 15.6. The predicted octanol–water partition coefficient (Wildman–Crippen LogP) is 5.91. The fourth-order valence-corrected chi connectivity index (χ4v) is 3.72. The van der Waals surface area contributed by atoms with Gasteiger partial charge in [0.15, 0.2) is 0 Å². The van der Waals surface area contributed by atoms with Crippen molar-refractivity contribution in [1.82, 2.24) is 9.55 Å². The molecule has 0 saturated carbocycles. The van der Waals surface area contributed by atoms with Gasteiger partial charge in [0.25, 0.3) is 11.5 Å². The first-order valence-electron chi connectivity index (χ1n) is 8.90. The molecule has 0 fully saturated rings. The van der Waals surface area contributed by atoms with Crippen LogP contribution in [0.15, 0.2) is 65.5 Å². The number of halogens is 3. The number of nitrogens with zero attached hydrogens (tertiary/aromatic N) is 2. The van der Waals surface area contributed by atoms with Gasteiger partial charge in [-0.15, -0.1) is 0 Å². The summed E-state index contributed by atoms with van der Waals surface area (Å²) in [7, 11) is 0. The highest BCUT2D eigenvalue weighted by Gasteiger charge is 2.13. The summed E-state index contributed by atoms with van der Waals surface area (Å²) in [4.78, 5) is 30.0. The van der Waals surface area contributed by atoms with Crippen LogP contribution in [0.3, 0.4) is 0 Å². The Hall–Kier alpha value is -2.86. The first kappa shape index (κ1) is 20.4. The second-order valence-corrected chi connectivity index (χ2v) is 7.79. The number of carbonyl (C=O) groups excluding carboxylic acids is 1. The third-order valence-electron chi connectivity index (χ3n) is 4.59. The summed E-state index contributed by atoms with van der Waals surface area (Å²) in [6, 6.07) is 16.8. The lowest BCUT2D eigenvalue weighted by Crippen LogP contribution is -2.22. The van der Waals surface area contributed by atoms with Gasteiger partial charge in [0.05, 0.1) is 37.3 Å². The van der Waals surface area contributed by atoms with Gasteiger partial charge in [-0.2, -0.15) is 0 Å². The number of aryl methyl sites for hydroxylation is 1. The Morgan fingerprint density at radius 2 is 1.60 bits per heavy atom. The van der Waals surface area contributed by atoms with Gasteiger partial charge in [-0.3, -0.25) is 14.2 Å². The predicted molar refractivity (Wildman–Crippen MR) is 122 cm³/mol. The number of carbonyl (C=O) groups is 1. The van der Waals surface area contributed by atoms with Crippen molar-refractivity contribution in [2.75, 3.05) is 5.32 Å². The second kappa shape index (κ2) is 8.11. The van der Waals surface area contributed by atoms with Crippen molar-refractivity contribution >= 4 is 57.3 Å². The van der Waals surface area contributed by atoms with Gasteiger partial charge in [0, 0.05) is 5.56 Å². The van der Waals surface area contributed by atoms with Crippen LogP contribution in [0.1, 0.15) is 16.2 Å². The molecule has 1 amide bonds. The highest BCUT2D eigenvalue weighted by Crippen LogP contribution is 2.32. The lowest BCUT2D eigenvalue weighted by Gasteiger charge is -2.12. The Bertz CT molecular complexity index is 1350. The van der Waals surface area contributed by atoms with Crippen molar-refractivity contribution in [3.8, 4) is 5.69 Å². The summed E-state index contributed by atoms with van der Waals surface area (Å²) in [5.74, 6) is 0.182. The Kier molecular flexibility index (Phi) is 5.52. The first-order chi connectivity index (χ1) is 14.3. The molecule has 0 radical (unpaired) electrons. The van der Waals surface area contributed by atoms with Gasteiger partial charge >= 0.3 is 0 Å². The number of amides is 1. The summed E-state index contributed by atoms with van der Waals surface area (Å²) in [5.41, 5.74) is 1.83. The van der Waals surface area contributed by atoms with Crippen LogP contribution in [0, 0.1) is 6.92 Å². The van der Waals surface area contributed by atoms with E-state index in [0.29, 0.717) is 38.7 Å². The van der Waals surface area contributed by atoms with E-state index in [1.807, 2.05) is 6.07 Å². The van der Waals surface area contributed by atoms with Crippen LogP contribution in [-0.2, 0) is 0 Å². The van der Waals surface area contributed by atoms with E-state index in [1.165, 1.54) is 16.7 Å². The molecular formula is C22H14Cl3N3O2. The molecule has 4 aromatic rings. The molecule has 5 nitrogen and oxygen atoms in total. The average Bonchev–Trinajstić information content (AvgIpc) is 2.72. The van der Waals surface area contributed by atoms with Gasteiger partial charge in [-0.25, -0.2) is 4.98 Å². The quantitative estimate of drug-likeness (QED) is 0.388. The molecule has 30 heavy (non-hydrogen) atoms. The smallest absolute Gasteiger partial charge is 0.265 e. The average molecular weight is 459 g/mol. The summed E-state index contributed by atoms with van der Waals surface area (Å²) < 4.78 is 1.51. The van der Waals surface area contributed by atoms with E-state index >= 15 is 0 Å². The molecule has 0 unspecified atom stereocenters. The minimum absolute atomic E-state index is 0.169. The molecule has 1 aromatic heterocycles. The second-order valence-electron chi connectivity index (χ2n) is 6.56. The SMILES string of the molecule is Cc1nc2ccccc2c(=O)n1-c1ccc(C(=O)Nc2cc(Cl)c(Cl)cc2Cl)cc1. The summed E-state index contributed by atoms with van der Waals surface area (Å²) in [5, 5.41) is 4.09. The van der Waals surface area contributed by atoms with Crippen molar-refractivity contribution < 1.29 is 4.79 Å². The van der Waals surface area contributed by atoms with E-state index in [4.69, 9.17) is 34.8 Å². The lowest BCUT2D eigenvalue weighted by molar-refractivity contribution is 0.102. The molecule has 150 valence electrons. The number of benzene rings is 3. The molecule has 0 aliphatic carbocycles. The number of nitrogens with one attached hydrogen (secondary N) is 1. The Morgan fingerprint density at radius 3 is 2.33 bits per heavy atom. The molecule has 0 saturated heterocycles. The largest absolute Gasteiger partial charge is 0.321 e. The highest BCUT2D eigenvalue weighted by atomic mass is 35.5. The van der Waals surface area contributed by atoms with Crippen LogP contribution in [0.25, 0.3) is 16.6 Å². The van der Waals surface area contributed by atoms with E-state index in [1.54, 1.807) is 49.4 Å². The number of fused-ring (bicyclic) bond motifs is 1. The topological polar surface area (TPSA) is 64.0 Å². The van der Waals surface area contributed by atoms with E-state index < -0.39 is 0 Å². The van der Waals surface area contributed by atoms with Gasteiger partial charge in [0.2, 0.25) is 0 Å². The minimum atomic E-state index is -0.373. The maximum atomic E-state index is 12.9. The number of para-hydroxylation sites is 1. The maximum absolute atomic E-state index is 12.9. The van der Waals surface area contributed by atoms with Crippen LogP contribution in [0.4, 0.5) is 5.69 Å². The van der Waals surface area contributed by atoms with E-state index in [9.17, 15) is 9.59 Å². The van der Waals surface area contributed by atoms with Crippen LogP contribution in [0.2, 0.25) is 15.1 Å². The van der Waals surface area contributed by atoms with Gasteiger partial charge in [0.1, 0.15) is 5.82 Å². The standard InChI is InChI=1S/C22H14Cl3N3O2/c1-12-26-19-5-3-2-4-15(19)22(30)28(12)14-8-6-13(7-9-14)21(29)27-20-11-17(24)16(23)10-18(20)25/h2-11H,1H3,(H,27,29). The Balaban J connectivity index is 1.65. The molecular weight excluding hydrogens is 445 g/mol. The Labute approximate surface area is 186 Å². The van der Waals surface area contributed by atoms with Crippen molar-refractivity contribution in [2.45, 2.75) is 6.92 Å². The third-order valence-corrected chi connectivity index (χ3v) is 5.62. The fourth-order valence-electron chi connectivity index (χ4n) is 3.12.